The minimum absolute atomic E-state index is 0.00432. The highest BCUT2D eigenvalue weighted by atomic mass is 32.2. The molecule has 0 amide bonds. The summed E-state index contributed by atoms with van der Waals surface area (Å²) in [5, 5.41) is 9.38. The van der Waals surface area contributed by atoms with Crippen LogP contribution < -0.4 is 4.72 Å². The molecule has 0 aliphatic rings. The number of rotatable bonds is 7. The summed E-state index contributed by atoms with van der Waals surface area (Å²) >= 11 is 0. The molecule has 0 fully saturated rings. The molecule has 7 heteroatoms. The van der Waals surface area contributed by atoms with Crippen LogP contribution in [0.5, 0.6) is 0 Å². The number of hydrogen-bond acceptors (Lipinski definition) is 3. The topological polar surface area (TPSA) is 66.4 Å². The van der Waals surface area contributed by atoms with E-state index in [9.17, 15) is 22.3 Å². The minimum atomic E-state index is -4.07. The van der Waals surface area contributed by atoms with Gasteiger partial charge in [0.15, 0.2) is 0 Å². The van der Waals surface area contributed by atoms with Gasteiger partial charge < -0.3 is 5.11 Å². The van der Waals surface area contributed by atoms with E-state index in [1.807, 2.05) is 13.8 Å². The molecule has 0 atom stereocenters. The zero-order valence-electron chi connectivity index (χ0n) is 11.5. The standard InChI is InChI=1S/C13H19F2NO3S/c1-3-13(4-2,9-17)8-16-20(18,19)12-6-5-10(14)7-11(12)15/h5-7,16-17H,3-4,8-9H2,1-2H3. The fourth-order valence-electron chi connectivity index (χ4n) is 1.80. The summed E-state index contributed by atoms with van der Waals surface area (Å²) in [5.74, 6) is -1.98. The van der Waals surface area contributed by atoms with Crippen LogP contribution in [0.1, 0.15) is 26.7 Å². The molecular formula is C13H19F2NO3S. The zero-order chi connectivity index (χ0) is 15.4. The molecule has 0 radical (unpaired) electrons. The second-order valence-electron chi connectivity index (χ2n) is 4.76. The monoisotopic (exact) mass is 307 g/mol. The molecule has 1 aromatic rings. The maximum absolute atomic E-state index is 13.5. The van der Waals surface area contributed by atoms with Gasteiger partial charge in [0.2, 0.25) is 10.0 Å². The molecule has 0 spiro atoms. The Morgan fingerprint density at radius 2 is 1.85 bits per heavy atom. The molecular weight excluding hydrogens is 288 g/mol. The van der Waals surface area contributed by atoms with Gasteiger partial charge >= 0.3 is 0 Å². The van der Waals surface area contributed by atoms with Gasteiger partial charge in [-0.15, -0.1) is 0 Å². The maximum Gasteiger partial charge on any atom is 0.243 e. The van der Waals surface area contributed by atoms with Crippen molar-refractivity contribution < 1.29 is 22.3 Å². The molecule has 0 saturated carbocycles. The molecule has 0 aliphatic heterocycles. The van der Waals surface area contributed by atoms with Gasteiger partial charge in [0.25, 0.3) is 0 Å². The fourth-order valence-corrected chi connectivity index (χ4v) is 3.01. The van der Waals surface area contributed by atoms with Crippen molar-refractivity contribution in [1.29, 1.82) is 0 Å². The van der Waals surface area contributed by atoms with Crippen LogP contribution in [0.2, 0.25) is 0 Å². The quantitative estimate of drug-likeness (QED) is 0.810. The lowest BCUT2D eigenvalue weighted by molar-refractivity contribution is 0.119. The van der Waals surface area contributed by atoms with Crippen LogP contribution in [0.3, 0.4) is 0 Å². The van der Waals surface area contributed by atoms with E-state index < -0.39 is 32.0 Å². The third kappa shape index (κ3) is 3.74. The molecule has 0 aliphatic carbocycles. The summed E-state index contributed by atoms with van der Waals surface area (Å²) in [7, 11) is -4.07. The predicted molar refractivity (Wildman–Crippen MR) is 71.6 cm³/mol. The van der Waals surface area contributed by atoms with Crippen molar-refractivity contribution in [2.24, 2.45) is 5.41 Å². The summed E-state index contributed by atoms with van der Waals surface area (Å²) in [6, 6.07) is 2.29. The van der Waals surface area contributed by atoms with E-state index in [4.69, 9.17) is 0 Å². The summed E-state index contributed by atoms with van der Waals surface area (Å²) in [4.78, 5) is -0.599. The first-order valence-corrected chi connectivity index (χ1v) is 7.84. The van der Waals surface area contributed by atoms with Gasteiger partial charge in [0.1, 0.15) is 16.5 Å². The zero-order valence-corrected chi connectivity index (χ0v) is 12.3. The minimum Gasteiger partial charge on any atom is -0.396 e. The first-order chi connectivity index (χ1) is 9.30. The molecule has 1 aromatic carbocycles. The predicted octanol–water partition coefficient (Wildman–Crippen LogP) is 2.04. The highest BCUT2D eigenvalue weighted by Gasteiger charge is 2.28. The van der Waals surface area contributed by atoms with Gasteiger partial charge in [-0.1, -0.05) is 13.8 Å². The van der Waals surface area contributed by atoms with Crippen molar-refractivity contribution in [1.82, 2.24) is 4.72 Å². The largest absolute Gasteiger partial charge is 0.396 e. The number of halogens is 2. The average Bonchev–Trinajstić information content (AvgIpc) is 2.40. The van der Waals surface area contributed by atoms with Crippen LogP contribution in [0.15, 0.2) is 23.1 Å². The number of nitrogens with one attached hydrogen (secondary N) is 1. The normalized spacial score (nSPS) is 12.7. The Morgan fingerprint density at radius 1 is 1.25 bits per heavy atom. The Morgan fingerprint density at radius 3 is 2.30 bits per heavy atom. The van der Waals surface area contributed by atoms with Gasteiger partial charge in [-0.3, -0.25) is 0 Å². The first-order valence-electron chi connectivity index (χ1n) is 6.36. The molecule has 4 nitrogen and oxygen atoms in total. The molecule has 0 bridgehead atoms. The van der Waals surface area contributed by atoms with Gasteiger partial charge in [0, 0.05) is 24.6 Å². The van der Waals surface area contributed by atoms with Crippen LogP contribution in [0.4, 0.5) is 8.78 Å². The Bertz CT molecular complexity index is 548. The molecule has 2 N–H and O–H groups in total. The highest BCUT2D eigenvalue weighted by Crippen LogP contribution is 2.25. The Kier molecular flexibility index (Phi) is 5.61. The molecule has 0 heterocycles. The fraction of sp³-hybridized carbons (Fsp3) is 0.538. The Labute approximate surface area is 117 Å². The van der Waals surface area contributed by atoms with Gasteiger partial charge in [-0.05, 0) is 25.0 Å². The van der Waals surface area contributed by atoms with Gasteiger partial charge in [-0.2, -0.15) is 0 Å². The lowest BCUT2D eigenvalue weighted by Gasteiger charge is -2.29. The lowest BCUT2D eigenvalue weighted by Crippen LogP contribution is -2.39. The first kappa shape index (κ1) is 17.0. The van der Waals surface area contributed by atoms with E-state index in [1.165, 1.54) is 0 Å². The number of aliphatic hydroxyl groups excluding tert-OH is 1. The number of aliphatic hydroxyl groups is 1. The summed E-state index contributed by atoms with van der Waals surface area (Å²) in [5.41, 5.74) is -0.580. The van der Waals surface area contributed by atoms with Crippen molar-refractivity contribution in [2.45, 2.75) is 31.6 Å². The summed E-state index contributed by atoms with van der Waals surface area (Å²) in [6.45, 7) is 3.50. The van der Waals surface area contributed by atoms with E-state index in [2.05, 4.69) is 4.72 Å². The van der Waals surface area contributed by atoms with Crippen molar-refractivity contribution in [3.8, 4) is 0 Å². The summed E-state index contributed by atoms with van der Waals surface area (Å²) < 4.78 is 52.6. The van der Waals surface area contributed by atoms with E-state index in [0.717, 1.165) is 12.1 Å². The second kappa shape index (κ2) is 6.60. The Balaban J connectivity index is 2.96. The summed E-state index contributed by atoms with van der Waals surface area (Å²) in [6.07, 6.45) is 1.16. The van der Waals surface area contributed by atoms with E-state index in [0.29, 0.717) is 18.9 Å². The van der Waals surface area contributed by atoms with E-state index >= 15 is 0 Å². The van der Waals surface area contributed by atoms with Gasteiger partial charge in [-0.25, -0.2) is 21.9 Å². The van der Waals surface area contributed by atoms with Crippen LogP contribution in [0.25, 0.3) is 0 Å². The van der Waals surface area contributed by atoms with Crippen molar-refractivity contribution >= 4 is 10.0 Å². The Hall–Kier alpha value is -1.05. The van der Waals surface area contributed by atoms with Crippen LogP contribution in [-0.4, -0.2) is 26.7 Å². The van der Waals surface area contributed by atoms with Gasteiger partial charge in [0.05, 0.1) is 0 Å². The molecule has 20 heavy (non-hydrogen) atoms. The molecule has 0 aromatic heterocycles. The molecule has 114 valence electrons. The molecule has 0 unspecified atom stereocenters. The van der Waals surface area contributed by atoms with Crippen molar-refractivity contribution in [3.63, 3.8) is 0 Å². The second-order valence-corrected chi connectivity index (χ2v) is 6.50. The number of benzene rings is 1. The SMILES string of the molecule is CCC(CC)(CO)CNS(=O)(=O)c1ccc(F)cc1F. The number of hydrogen-bond donors (Lipinski definition) is 2. The lowest BCUT2D eigenvalue weighted by atomic mass is 9.84. The van der Waals surface area contributed by atoms with E-state index in [-0.39, 0.29) is 13.2 Å². The molecule has 0 saturated heterocycles. The van der Waals surface area contributed by atoms with Crippen molar-refractivity contribution in [2.75, 3.05) is 13.2 Å². The van der Waals surface area contributed by atoms with Crippen LogP contribution in [0, 0.1) is 17.0 Å². The number of sulfonamides is 1. The smallest absolute Gasteiger partial charge is 0.243 e. The van der Waals surface area contributed by atoms with Crippen molar-refractivity contribution in [3.05, 3.63) is 29.8 Å². The highest BCUT2D eigenvalue weighted by molar-refractivity contribution is 7.89. The third-order valence-electron chi connectivity index (χ3n) is 3.66. The van der Waals surface area contributed by atoms with Crippen LogP contribution in [-0.2, 0) is 10.0 Å². The maximum atomic E-state index is 13.5. The molecule has 1 rings (SSSR count). The van der Waals surface area contributed by atoms with Crippen LogP contribution >= 0.6 is 0 Å². The van der Waals surface area contributed by atoms with E-state index in [1.54, 1.807) is 0 Å². The third-order valence-corrected chi connectivity index (χ3v) is 5.09. The average molecular weight is 307 g/mol.